The van der Waals surface area contributed by atoms with Crippen molar-refractivity contribution in [2.45, 2.75) is 25.3 Å². The van der Waals surface area contributed by atoms with Gasteiger partial charge in [0.25, 0.3) is 0 Å². The highest BCUT2D eigenvalue weighted by Crippen LogP contribution is 2.48. The Morgan fingerprint density at radius 3 is 2.95 bits per heavy atom. The van der Waals surface area contributed by atoms with Crippen LogP contribution in [0.2, 0.25) is 5.02 Å². The summed E-state index contributed by atoms with van der Waals surface area (Å²) in [5.41, 5.74) is 1.20. The van der Waals surface area contributed by atoms with Crippen LogP contribution in [0.5, 0.6) is 0 Å². The van der Waals surface area contributed by atoms with Gasteiger partial charge in [-0.05, 0) is 37.0 Å². The standard InChI is InChI=1S/C15H19ClN2O.ClH/c1-10-9-18(6-5-17-10)15(19)14-8-13(14)11-3-2-4-12(16)7-11;/h2-4,7,10,13-14,17H,5-6,8-9H2,1H3;1H. The van der Waals surface area contributed by atoms with E-state index in [4.69, 9.17) is 11.6 Å². The summed E-state index contributed by atoms with van der Waals surface area (Å²) in [5.74, 6) is 0.860. The third-order valence-corrected chi connectivity index (χ3v) is 4.30. The first-order valence-electron chi connectivity index (χ1n) is 6.93. The molecule has 3 nitrogen and oxygen atoms in total. The maximum Gasteiger partial charge on any atom is 0.226 e. The van der Waals surface area contributed by atoms with E-state index in [1.54, 1.807) is 0 Å². The van der Waals surface area contributed by atoms with Crippen LogP contribution in [0.4, 0.5) is 0 Å². The molecular formula is C15H20Cl2N2O. The number of hydrogen-bond acceptors (Lipinski definition) is 2. The molecular weight excluding hydrogens is 295 g/mol. The van der Waals surface area contributed by atoms with Gasteiger partial charge in [0.2, 0.25) is 5.91 Å². The molecule has 0 spiro atoms. The monoisotopic (exact) mass is 314 g/mol. The molecule has 1 aliphatic heterocycles. The van der Waals surface area contributed by atoms with Crippen LogP contribution in [0.15, 0.2) is 24.3 Å². The van der Waals surface area contributed by atoms with Crippen LogP contribution in [-0.4, -0.2) is 36.5 Å². The van der Waals surface area contributed by atoms with Crippen molar-refractivity contribution in [3.63, 3.8) is 0 Å². The van der Waals surface area contributed by atoms with Crippen molar-refractivity contribution in [1.29, 1.82) is 0 Å². The van der Waals surface area contributed by atoms with Gasteiger partial charge in [-0.2, -0.15) is 0 Å². The number of benzene rings is 1. The van der Waals surface area contributed by atoms with E-state index in [-0.39, 0.29) is 18.3 Å². The molecule has 1 saturated heterocycles. The molecule has 0 radical (unpaired) electrons. The molecule has 2 aliphatic rings. The Morgan fingerprint density at radius 1 is 1.45 bits per heavy atom. The molecule has 1 N–H and O–H groups in total. The van der Waals surface area contributed by atoms with E-state index in [9.17, 15) is 4.79 Å². The largest absolute Gasteiger partial charge is 0.340 e. The number of carbonyl (C=O) groups excluding carboxylic acids is 1. The molecule has 2 fully saturated rings. The Labute approximate surface area is 131 Å². The number of amides is 1. The van der Waals surface area contributed by atoms with Gasteiger partial charge in [-0.3, -0.25) is 4.79 Å². The Kier molecular flexibility index (Phi) is 4.95. The Morgan fingerprint density at radius 2 is 2.25 bits per heavy atom. The van der Waals surface area contributed by atoms with Gasteiger partial charge in [-0.25, -0.2) is 0 Å². The summed E-state index contributed by atoms with van der Waals surface area (Å²) in [4.78, 5) is 14.5. The molecule has 3 rings (SSSR count). The van der Waals surface area contributed by atoms with Crippen LogP contribution < -0.4 is 5.32 Å². The van der Waals surface area contributed by atoms with Gasteiger partial charge in [-0.1, -0.05) is 23.7 Å². The summed E-state index contributed by atoms with van der Waals surface area (Å²) in [6.45, 7) is 4.70. The second-order valence-electron chi connectivity index (χ2n) is 5.64. The van der Waals surface area contributed by atoms with Crippen LogP contribution in [0, 0.1) is 5.92 Å². The minimum Gasteiger partial charge on any atom is -0.340 e. The van der Waals surface area contributed by atoms with Crippen molar-refractivity contribution in [2.24, 2.45) is 5.92 Å². The summed E-state index contributed by atoms with van der Waals surface area (Å²) in [6, 6.07) is 8.30. The Balaban J connectivity index is 0.00000147. The van der Waals surface area contributed by atoms with E-state index in [2.05, 4.69) is 18.3 Å². The molecule has 1 saturated carbocycles. The maximum absolute atomic E-state index is 12.4. The van der Waals surface area contributed by atoms with E-state index in [1.165, 1.54) is 5.56 Å². The van der Waals surface area contributed by atoms with Gasteiger partial charge in [0.15, 0.2) is 0 Å². The number of nitrogens with zero attached hydrogens (tertiary/aromatic N) is 1. The highest BCUT2D eigenvalue weighted by Gasteiger charge is 2.46. The van der Waals surface area contributed by atoms with Crippen LogP contribution in [0.1, 0.15) is 24.8 Å². The topological polar surface area (TPSA) is 32.3 Å². The second-order valence-corrected chi connectivity index (χ2v) is 6.08. The first kappa shape index (κ1) is 15.6. The highest BCUT2D eigenvalue weighted by atomic mass is 35.5. The Bertz CT molecular complexity index is 495. The molecule has 1 aromatic rings. The molecule has 0 bridgehead atoms. The van der Waals surface area contributed by atoms with Crippen molar-refractivity contribution in [3.05, 3.63) is 34.9 Å². The molecule has 1 amide bonds. The first-order valence-corrected chi connectivity index (χ1v) is 7.30. The van der Waals surface area contributed by atoms with E-state index in [0.717, 1.165) is 31.1 Å². The molecule has 5 heteroatoms. The predicted octanol–water partition coefficient (Wildman–Crippen LogP) is 2.69. The summed E-state index contributed by atoms with van der Waals surface area (Å²) in [6.07, 6.45) is 0.970. The zero-order valence-corrected chi connectivity index (χ0v) is 13.1. The van der Waals surface area contributed by atoms with Gasteiger partial charge < -0.3 is 10.2 Å². The lowest BCUT2D eigenvalue weighted by Gasteiger charge is -2.32. The number of nitrogens with one attached hydrogen (secondary N) is 1. The van der Waals surface area contributed by atoms with Crippen LogP contribution in [0.3, 0.4) is 0 Å². The number of piperazine rings is 1. The van der Waals surface area contributed by atoms with E-state index in [0.29, 0.717) is 17.9 Å². The fourth-order valence-corrected chi connectivity index (χ4v) is 3.14. The van der Waals surface area contributed by atoms with Crippen molar-refractivity contribution in [3.8, 4) is 0 Å². The zero-order valence-electron chi connectivity index (χ0n) is 11.5. The lowest BCUT2D eigenvalue weighted by molar-refractivity contribution is -0.133. The zero-order chi connectivity index (χ0) is 13.4. The summed E-state index contributed by atoms with van der Waals surface area (Å²) >= 11 is 6.01. The lowest BCUT2D eigenvalue weighted by atomic mass is 10.1. The normalized spacial score (nSPS) is 28.7. The summed E-state index contributed by atoms with van der Waals surface area (Å²) in [7, 11) is 0. The molecule has 0 aromatic heterocycles. The fraction of sp³-hybridized carbons (Fsp3) is 0.533. The fourth-order valence-electron chi connectivity index (χ4n) is 2.94. The van der Waals surface area contributed by atoms with E-state index in [1.807, 2.05) is 23.1 Å². The first-order chi connectivity index (χ1) is 9.15. The van der Waals surface area contributed by atoms with Gasteiger partial charge >= 0.3 is 0 Å². The molecule has 1 aliphatic carbocycles. The van der Waals surface area contributed by atoms with Crippen molar-refractivity contribution in [1.82, 2.24) is 10.2 Å². The number of rotatable bonds is 2. The lowest BCUT2D eigenvalue weighted by Crippen LogP contribution is -2.51. The molecule has 1 aromatic carbocycles. The molecule has 3 unspecified atom stereocenters. The smallest absolute Gasteiger partial charge is 0.226 e. The summed E-state index contributed by atoms with van der Waals surface area (Å²) in [5, 5.41) is 4.12. The number of hydrogen-bond donors (Lipinski definition) is 1. The van der Waals surface area contributed by atoms with Crippen molar-refractivity contribution in [2.75, 3.05) is 19.6 Å². The van der Waals surface area contributed by atoms with Crippen LogP contribution >= 0.6 is 24.0 Å². The third-order valence-electron chi connectivity index (χ3n) is 4.06. The molecule has 110 valence electrons. The third kappa shape index (κ3) is 3.27. The van der Waals surface area contributed by atoms with Crippen molar-refractivity contribution < 1.29 is 4.79 Å². The maximum atomic E-state index is 12.4. The molecule has 20 heavy (non-hydrogen) atoms. The molecule has 3 atom stereocenters. The number of halogens is 2. The quantitative estimate of drug-likeness (QED) is 0.910. The van der Waals surface area contributed by atoms with Gasteiger partial charge in [0.1, 0.15) is 0 Å². The number of carbonyl (C=O) groups is 1. The predicted molar refractivity (Wildman–Crippen MR) is 83.6 cm³/mol. The molecule has 1 heterocycles. The SMILES string of the molecule is CC1CN(C(=O)C2CC2c2cccc(Cl)c2)CCN1.Cl. The average molecular weight is 315 g/mol. The van der Waals surface area contributed by atoms with Gasteiger partial charge in [-0.15, -0.1) is 12.4 Å². The highest BCUT2D eigenvalue weighted by molar-refractivity contribution is 6.30. The van der Waals surface area contributed by atoms with Gasteiger partial charge in [0, 0.05) is 36.6 Å². The minimum atomic E-state index is 0. The Hall–Kier alpha value is -0.770. The second kappa shape index (κ2) is 6.33. The van der Waals surface area contributed by atoms with Crippen LogP contribution in [0.25, 0.3) is 0 Å². The van der Waals surface area contributed by atoms with Crippen molar-refractivity contribution >= 4 is 29.9 Å². The van der Waals surface area contributed by atoms with E-state index >= 15 is 0 Å². The van der Waals surface area contributed by atoms with Crippen LogP contribution in [-0.2, 0) is 4.79 Å². The van der Waals surface area contributed by atoms with E-state index < -0.39 is 0 Å². The van der Waals surface area contributed by atoms with Gasteiger partial charge in [0.05, 0.1) is 0 Å². The average Bonchev–Trinajstić information content (AvgIpc) is 3.18. The minimum absolute atomic E-state index is 0. The summed E-state index contributed by atoms with van der Waals surface area (Å²) < 4.78 is 0.